The fourth-order valence-electron chi connectivity index (χ4n) is 2.17. The van der Waals surface area contributed by atoms with Crippen molar-refractivity contribution in [1.82, 2.24) is 4.98 Å². The summed E-state index contributed by atoms with van der Waals surface area (Å²) in [7, 11) is 0. The molecule has 2 N–H and O–H groups in total. The van der Waals surface area contributed by atoms with Crippen molar-refractivity contribution in [2.75, 3.05) is 10.6 Å². The second kappa shape index (κ2) is 7.96. The van der Waals surface area contributed by atoms with E-state index in [4.69, 9.17) is 0 Å². The number of nitrogens with one attached hydrogen (secondary N) is 2. The molecule has 1 aromatic carbocycles. The Labute approximate surface area is 155 Å². The van der Waals surface area contributed by atoms with Crippen molar-refractivity contribution in [3.63, 3.8) is 0 Å². The number of nitrogens with zero attached hydrogens (tertiary/aromatic N) is 2. The molecule has 3 amide bonds. The molecule has 0 fully saturated rings. The van der Waals surface area contributed by atoms with Crippen LogP contribution in [-0.2, 0) is 20.8 Å². The van der Waals surface area contributed by atoms with Crippen LogP contribution in [0.15, 0.2) is 40.7 Å². The van der Waals surface area contributed by atoms with Gasteiger partial charge in [-0.1, -0.05) is 6.08 Å². The molecule has 0 aliphatic carbocycles. The van der Waals surface area contributed by atoms with Crippen molar-refractivity contribution in [1.29, 1.82) is 0 Å². The summed E-state index contributed by atoms with van der Waals surface area (Å²) >= 11 is 1.13. The van der Waals surface area contributed by atoms with E-state index in [1.807, 2.05) is 0 Å². The average molecular weight is 390 g/mol. The highest BCUT2D eigenvalue weighted by atomic mass is 32.1. The molecule has 10 heteroatoms. The SMILES string of the molecule is O=C1C=CC(C(=O)Nc2nc(CC(=O)Nc3ccc(F)c(F)c3)cs2)C=N1. The molecule has 27 heavy (non-hydrogen) atoms. The van der Waals surface area contributed by atoms with Crippen molar-refractivity contribution < 1.29 is 23.2 Å². The molecule has 0 spiro atoms. The molecule has 138 valence electrons. The number of hydrogen-bond donors (Lipinski definition) is 2. The predicted molar refractivity (Wildman–Crippen MR) is 95.6 cm³/mol. The minimum atomic E-state index is -1.06. The minimum absolute atomic E-state index is 0.106. The Bertz CT molecular complexity index is 955. The number of amides is 3. The summed E-state index contributed by atoms with van der Waals surface area (Å²) in [6.45, 7) is 0. The first-order valence-corrected chi connectivity index (χ1v) is 8.55. The summed E-state index contributed by atoms with van der Waals surface area (Å²) < 4.78 is 26.0. The zero-order chi connectivity index (χ0) is 19.4. The number of aliphatic imine (C=N–C) groups is 1. The highest BCUT2D eigenvalue weighted by Gasteiger charge is 2.18. The maximum absolute atomic E-state index is 13.1. The van der Waals surface area contributed by atoms with Gasteiger partial charge in [-0.05, 0) is 12.1 Å². The van der Waals surface area contributed by atoms with Crippen molar-refractivity contribution >= 4 is 46.1 Å². The van der Waals surface area contributed by atoms with Crippen molar-refractivity contribution in [2.24, 2.45) is 10.9 Å². The molecule has 1 atom stereocenters. The predicted octanol–water partition coefficient (Wildman–Crippen LogP) is 2.32. The summed E-state index contributed by atoms with van der Waals surface area (Å²) in [4.78, 5) is 42.7. The van der Waals surface area contributed by atoms with Crippen LogP contribution in [0.25, 0.3) is 0 Å². The van der Waals surface area contributed by atoms with E-state index in [9.17, 15) is 23.2 Å². The Balaban J connectivity index is 1.55. The number of carbonyl (C=O) groups excluding carboxylic acids is 3. The Morgan fingerprint density at radius 3 is 2.70 bits per heavy atom. The molecule has 7 nitrogen and oxygen atoms in total. The van der Waals surface area contributed by atoms with Gasteiger partial charge in [0.15, 0.2) is 16.8 Å². The number of hydrogen-bond acceptors (Lipinski definition) is 5. The highest BCUT2D eigenvalue weighted by Crippen LogP contribution is 2.18. The summed E-state index contributed by atoms with van der Waals surface area (Å²) in [5.41, 5.74) is 0.527. The quantitative estimate of drug-likeness (QED) is 0.818. The third-order valence-electron chi connectivity index (χ3n) is 3.44. The molecule has 0 bridgehead atoms. The molecule has 1 aromatic heterocycles. The summed E-state index contributed by atoms with van der Waals surface area (Å²) in [5.74, 6) is -4.04. The van der Waals surface area contributed by atoms with Gasteiger partial charge in [0.25, 0.3) is 5.91 Å². The zero-order valence-corrected chi connectivity index (χ0v) is 14.4. The van der Waals surface area contributed by atoms with Crippen molar-refractivity contribution in [2.45, 2.75) is 6.42 Å². The fourth-order valence-corrected chi connectivity index (χ4v) is 2.88. The van der Waals surface area contributed by atoms with Crippen molar-refractivity contribution in [3.05, 3.63) is 53.1 Å². The normalized spacial score (nSPS) is 15.6. The second-order valence-electron chi connectivity index (χ2n) is 5.49. The highest BCUT2D eigenvalue weighted by molar-refractivity contribution is 7.14. The van der Waals surface area contributed by atoms with Crippen LogP contribution >= 0.6 is 11.3 Å². The molecule has 0 radical (unpaired) electrons. The van der Waals surface area contributed by atoms with E-state index in [0.717, 1.165) is 23.5 Å². The van der Waals surface area contributed by atoms with Gasteiger partial charge in [-0.3, -0.25) is 14.4 Å². The third-order valence-corrected chi connectivity index (χ3v) is 4.24. The lowest BCUT2D eigenvalue weighted by atomic mass is 10.1. The van der Waals surface area contributed by atoms with Crippen LogP contribution < -0.4 is 10.6 Å². The van der Waals surface area contributed by atoms with Crippen LogP contribution in [0.3, 0.4) is 0 Å². The van der Waals surface area contributed by atoms with Crippen LogP contribution in [0.2, 0.25) is 0 Å². The van der Waals surface area contributed by atoms with E-state index in [2.05, 4.69) is 20.6 Å². The van der Waals surface area contributed by atoms with Gasteiger partial charge in [-0.25, -0.2) is 18.8 Å². The molecule has 2 aromatic rings. The number of rotatable bonds is 5. The molecule has 1 aliphatic heterocycles. The van der Waals surface area contributed by atoms with Gasteiger partial charge in [0, 0.05) is 29.4 Å². The summed E-state index contributed by atoms with van der Waals surface area (Å²) in [6.07, 6.45) is 3.76. The minimum Gasteiger partial charge on any atom is -0.326 e. The Hall–Kier alpha value is -3.27. The monoisotopic (exact) mass is 390 g/mol. The Morgan fingerprint density at radius 1 is 1.19 bits per heavy atom. The number of benzene rings is 1. The van der Waals surface area contributed by atoms with E-state index in [0.29, 0.717) is 5.69 Å². The number of dihydropyridines is 1. The van der Waals surface area contributed by atoms with Gasteiger partial charge in [-0.15, -0.1) is 11.3 Å². The van der Waals surface area contributed by atoms with E-state index >= 15 is 0 Å². The molecule has 1 aliphatic rings. The smallest absolute Gasteiger partial charge is 0.269 e. The second-order valence-corrected chi connectivity index (χ2v) is 6.35. The number of thiazole rings is 1. The first-order chi connectivity index (χ1) is 12.9. The number of aromatic nitrogens is 1. The molecule has 3 rings (SSSR count). The van der Waals surface area contributed by atoms with Crippen LogP contribution in [0.5, 0.6) is 0 Å². The Morgan fingerprint density at radius 2 is 2.00 bits per heavy atom. The number of carbonyl (C=O) groups is 3. The topological polar surface area (TPSA) is 101 Å². The molecule has 1 unspecified atom stereocenters. The fraction of sp³-hybridized carbons (Fsp3) is 0.118. The van der Waals surface area contributed by atoms with Crippen molar-refractivity contribution in [3.8, 4) is 0 Å². The maximum Gasteiger partial charge on any atom is 0.269 e. The van der Waals surface area contributed by atoms with Crippen LogP contribution in [0.4, 0.5) is 19.6 Å². The molecule has 0 saturated carbocycles. The summed E-state index contributed by atoms with van der Waals surface area (Å²) in [6, 6.07) is 3.04. The van der Waals surface area contributed by atoms with Crippen LogP contribution in [0.1, 0.15) is 5.69 Å². The lowest BCUT2D eigenvalue weighted by Crippen LogP contribution is -2.24. The van der Waals surface area contributed by atoms with Gasteiger partial charge in [0.2, 0.25) is 11.8 Å². The number of anilines is 2. The average Bonchev–Trinajstić information content (AvgIpc) is 3.05. The molecule has 0 saturated heterocycles. The number of halogens is 2. The van der Waals surface area contributed by atoms with Gasteiger partial charge in [-0.2, -0.15) is 0 Å². The summed E-state index contributed by atoms with van der Waals surface area (Å²) in [5, 5.41) is 6.89. The third kappa shape index (κ3) is 4.88. The van der Waals surface area contributed by atoms with E-state index in [1.165, 1.54) is 24.4 Å². The van der Waals surface area contributed by atoms with Crippen LogP contribution in [0, 0.1) is 17.6 Å². The van der Waals surface area contributed by atoms with E-state index in [-0.39, 0.29) is 17.2 Å². The molecule has 2 heterocycles. The first-order valence-electron chi connectivity index (χ1n) is 7.67. The largest absolute Gasteiger partial charge is 0.326 e. The van der Waals surface area contributed by atoms with Gasteiger partial charge in [0.05, 0.1) is 18.0 Å². The molecular weight excluding hydrogens is 378 g/mol. The van der Waals surface area contributed by atoms with Gasteiger partial charge < -0.3 is 10.6 Å². The van der Waals surface area contributed by atoms with E-state index < -0.39 is 35.3 Å². The maximum atomic E-state index is 13.1. The lowest BCUT2D eigenvalue weighted by Gasteiger charge is -2.08. The first kappa shape index (κ1) is 18.5. The Kier molecular flexibility index (Phi) is 5.46. The van der Waals surface area contributed by atoms with Gasteiger partial charge >= 0.3 is 0 Å². The van der Waals surface area contributed by atoms with Gasteiger partial charge in [0.1, 0.15) is 0 Å². The lowest BCUT2D eigenvalue weighted by molar-refractivity contribution is -0.117. The zero-order valence-electron chi connectivity index (χ0n) is 13.6. The van der Waals surface area contributed by atoms with E-state index in [1.54, 1.807) is 5.38 Å². The van der Waals surface area contributed by atoms with Crippen LogP contribution in [-0.4, -0.2) is 28.9 Å². The molecular formula is C17H12F2N4O3S. The standard InChI is InChI=1S/C17H12F2N4O3S/c18-12-3-2-10(5-13(12)19)21-15(25)6-11-8-27-17(22-11)23-16(26)9-1-4-14(24)20-7-9/h1-5,7-9H,6H2,(H,21,25)(H,22,23,26).